The lowest BCUT2D eigenvalue weighted by atomic mass is 9.97. The number of aromatic nitrogens is 2. The Kier molecular flexibility index (Phi) is 3.99. The molecule has 0 aliphatic heterocycles. The summed E-state index contributed by atoms with van der Waals surface area (Å²) < 4.78 is 1.87. The van der Waals surface area contributed by atoms with Gasteiger partial charge in [0.1, 0.15) is 0 Å². The molecule has 90 valence electrons. The summed E-state index contributed by atoms with van der Waals surface area (Å²) >= 11 is 0. The molecule has 0 spiro atoms. The highest BCUT2D eigenvalue weighted by Gasteiger charge is 2.19. The maximum atomic E-state index is 4.40. The molecule has 0 amide bonds. The van der Waals surface area contributed by atoms with Crippen molar-refractivity contribution in [2.24, 2.45) is 13.0 Å². The summed E-state index contributed by atoms with van der Waals surface area (Å²) in [5, 5.41) is 8.06. The van der Waals surface area contributed by atoms with Gasteiger partial charge in [0, 0.05) is 25.8 Å². The first-order valence-electron chi connectivity index (χ1n) is 6.47. The number of hydrogen-bond acceptors (Lipinski definition) is 2. The van der Waals surface area contributed by atoms with Gasteiger partial charge in [0.15, 0.2) is 0 Å². The van der Waals surface area contributed by atoms with Gasteiger partial charge >= 0.3 is 0 Å². The van der Waals surface area contributed by atoms with E-state index in [4.69, 9.17) is 0 Å². The molecule has 1 heterocycles. The van der Waals surface area contributed by atoms with Crippen LogP contribution in [0.5, 0.6) is 0 Å². The van der Waals surface area contributed by atoms with Gasteiger partial charge in [-0.3, -0.25) is 4.68 Å². The number of nitrogens with zero attached hydrogens (tertiary/aromatic N) is 2. The number of hydrogen-bond donors (Lipinski definition) is 1. The third-order valence-corrected chi connectivity index (χ3v) is 3.68. The van der Waals surface area contributed by atoms with Gasteiger partial charge in [0.25, 0.3) is 0 Å². The quantitative estimate of drug-likeness (QED) is 0.795. The van der Waals surface area contributed by atoms with Crippen molar-refractivity contribution < 1.29 is 0 Å². The van der Waals surface area contributed by atoms with E-state index in [9.17, 15) is 0 Å². The summed E-state index contributed by atoms with van der Waals surface area (Å²) in [5.74, 6) is 0.811. The van der Waals surface area contributed by atoms with E-state index < -0.39 is 0 Å². The molecule has 0 radical (unpaired) electrons. The topological polar surface area (TPSA) is 29.9 Å². The van der Waals surface area contributed by atoms with Crippen LogP contribution in [0.1, 0.15) is 44.7 Å². The lowest BCUT2D eigenvalue weighted by molar-refractivity contribution is 0.354. The molecule has 0 bridgehead atoms. The first-order chi connectivity index (χ1) is 7.75. The normalized spacial score (nSPS) is 26.6. The molecule has 1 fully saturated rings. The molecule has 1 saturated carbocycles. The van der Waals surface area contributed by atoms with Crippen LogP contribution in [0.2, 0.25) is 0 Å². The van der Waals surface area contributed by atoms with E-state index in [0.29, 0.717) is 6.04 Å². The molecule has 1 aliphatic rings. The minimum Gasteiger partial charge on any atom is -0.308 e. The summed E-state index contributed by atoms with van der Waals surface area (Å²) in [4.78, 5) is 0. The molecule has 0 saturated heterocycles. The van der Waals surface area contributed by atoms with Gasteiger partial charge in [0.05, 0.1) is 5.69 Å². The third-order valence-electron chi connectivity index (χ3n) is 3.68. The van der Waals surface area contributed by atoms with E-state index in [0.717, 1.165) is 18.2 Å². The molecule has 1 N–H and O–H groups in total. The summed E-state index contributed by atoms with van der Waals surface area (Å²) in [5.41, 5.74) is 1.15. The molecule has 1 aromatic rings. The molecule has 3 nitrogen and oxygen atoms in total. The maximum absolute atomic E-state index is 4.40. The first-order valence-corrected chi connectivity index (χ1v) is 6.47. The lowest BCUT2D eigenvalue weighted by Gasteiger charge is -2.22. The van der Waals surface area contributed by atoms with Crippen LogP contribution in [0.25, 0.3) is 0 Å². The zero-order chi connectivity index (χ0) is 11.4. The van der Waals surface area contributed by atoms with E-state index in [2.05, 4.69) is 23.4 Å². The average Bonchev–Trinajstić information content (AvgIpc) is 2.56. The minimum absolute atomic E-state index is 0.685. The Hall–Kier alpha value is -0.830. The first kappa shape index (κ1) is 11.6. The van der Waals surface area contributed by atoms with Crippen molar-refractivity contribution in [2.45, 2.75) is 51.6 Å². The monoisotopic (exact) mass is 221 g/mol. The summed E-state index contributed by atoms with van der Waals surface area (Å²) in [7, 11) is 1.97. The highest BCUT2D eigenvalue weighted by atomic mass is 15.3. The average molecular weight is 221 g/mol. The van der Waals surface area contributed by atoms with Crippen LogP contribution in [0.4, 0.5) is 0 Å². The smallest absolute Gasteiger partial charge is 0.0762 e. The van der Waals surface area contributed by atoms with Gasteiger partial charge in [-0.05, 0) is 24.8 Å². The SMILES string of the molecule is CC1CCCCCC1NCc1ccn(C)n1. The van der Waals surface area contributed by atoms with Gasteiger partial charge < -0.3 is 5.32 Å². The Balaban J connectivity index is 1.83. The maximum Gasteiger partial charge on any atom is 0.0762 e. The number of aryl methyl sites for hydroxylation is 1. The molecule has 3 heteroatoms. The van der Waals surface area contributed by atoms with Crippen LogP contribution in [-0.2, 0) is 13.6 Å². The third kappa shape index (κ3) is 3.08. The van der Waals surface area contributed by atoms with Gasteiger partial charge in [-0.25, -0.2) is 0 Å². The van der Waals surface area contributed by atoms with Crippen molar-refractivity contribution in [2.75, 3.05) is 0 Å². The van der Waals surface area contributed by atoms with Crippen LogP contribution in [0.15, 0.2) is 12.3 Å². The second kappa shape index (κ2) is 5.48. The van der Waals surface area contributed by atoms with Crippen LogP contribution in [0.3, 0.4) is 0 Å². The molecule has 16 heavy (non-hydrogen) atoms. The van der Waals surface area contributed by atoms with Crippen molar-refractivity contribution >= 4 is 0 Å². The van der Waals surface area contributed by atoms with E-state index in [-0.39, 0.29) is 0 Å². The Morgan fingerprint density at radius 3 is 2.94 bits per heavy atom. The molecule has 2 rings (SSSR count). The van der Waals surface area contributed by atoms with E-state index in [1.807, 2.05) is 17.9 Å². The van der Waals surface area contributed by atoms with Crippen LogP contribution in [0, 0.1) is 5.92 Å². The van der Waals surface area contributed by atoms with Crippen molar-refractivity contribution in [3.63, 3.8) is 0 Å². The Labute approximate surface area is 98.2 Å². The summed E-state index contributed by atoms with van der Waals surface area (Å²) in [6.45, 7) is 3.29. The van der Waals surface area contributed by atoms with Crippen molar-refractivity contribution in [3.8, 4) is 0 Å². The van der Waals surface area contributed by atoms with Crippen LogP contribution >= 0.6 is 0 Å². The summed E-state index contributed by atoms with van der Waals surface area (Å²) in [6, 6.07) is 2.78. The highest BCUT2D eigenvalue weighted by Crippen LogP contribution is 2.23. The number of rotatable bonds is 3. The Bertz CT molecular complexity index is 319. The molecule has 0 aromatic carbocycles. The zero-order valence-corrected chi connectivity index (χ0v) is 10.4. The fraction of sp³-hybridized carbons (Fsp3) is 0.769. The largest absolute Gasteiger partial charge is 0.308 e. The van der Waals surface area contributed by atoms with Gasteiger partial charge in [0.2, 0.25) is 0 Å². The van der Waals surface area contributed by atoms with Crippen LogP contribution < -0.4 is 5.32 Å². The highest BCUT2D eigenvalue weighted by molar-refractivity contribution is 4.98. The molecule has 2 unspecified atom stereocenters. The fourth-order valence-electron chi connectivity index (χ4n) is 2.59. The Morgan fingerprint density at radius 1 is 1.38 bits per heavy atom. The minimum atomic E-state index is 0.685. The van der Waals surface area contributed by atoms with E-state index in [1.54, 1.807) is 0 Å². The molecule has 1 aromatic heterocycles. The second-order valence-electron chi connectivity index (χ2n) is 5.08. The molecule has 1 aliphatic carbocycles. The van der Waals surface area contributed by atoms with E-state index >= 15 is 0 Å². The predicted octanol–water partition coefficient (Wildman–Crippen LogP) is 2.48. The fourth-order valence-corrected chi connectivity index (χ4v) is 2.59. The lowest BCUT2D eigenvalue weighted by Crippen LogP contribution is -2.33. The van der Waals surface area contributed by atoms with Crippen LogP contribution in [-0.4, -0.2) is 15.8 Å². The van der Waals surface area contributed by atoms with Gasteiger partial charge in [-0.2, -0.15) is 5.10 Å². The summed E-state index contributed by atoms with van der Waals surface area (Å²) in [6.07, 6.45) is 8.90. The standard InChI is InChI=1S/C13H23N3/c1-11-6-4-3-5-7-13(11)14-10-12-8-9-16(2)15-12/h8-9,11,13-14H,3-7,10H2,1-2H3. The predicted molar refractivity (Wildman–Crippen MR) is 66.1 cm³/mol. The second-order valence-corrected chi connectivity index (χ2v) is 5.08. The molecular formula is C13H23N3. The Morgan fingerprint density at radius 2 is 2.19 bits per heavy atom. The van der Waals surface area contributed by atoms with Gasteiger partial charge in [-0.15, -0.1) is 0 Å². The van der Waals surface area contributed by atoms with Gasteiger partial charge in [-0.1, -0.05) is 26.2 Å². The van der Waals surface area contributed by atoms with Crippen molar-refractivity contribution in [3.05, 3.63) is 18.0 Å². The molecular weight excluding hydrogens is 198 g/mol. The van der Waals surface area contributed by atoms with E-state index in [1.165, 1.54) is 32.1 Å². The van der Waals surface area contributed by atoms with Crippen molar-refractivity contribution in [1.82, 2.24) is 15.1 Å². The molecule has 2 atom stereocenters. The van der Waals surface area contributed by atoms with Crippen molar-refractivity contribution in [1.29, 1.82) is 0 Å². The zero-order valence-electron chi connectivity index (χ0n) is 10.4. The number of nitrogens with one attached hydrogen (secondary N) is 1.